The average Bonchev–Trinajstić information content (AvgIpc) is 2.81. The van der Waals surface area contributed by atoms with Gasteiger partial charge in [0.2, 0.25) is 0 Å². The highest BCUT2D eigenvalue weighted by Crippen LogP contribution is 2.21. The highest BCUT2D eigenvalue weighted by molar-refractivity contribution is 5.94. The third-order valence-electron chi connectivity index (χ3n) is 4.25. The number of phenolic OH excluding ortho intramolecular Hbond substituents is 1. The molecule has 3 aromatic carbocycles. The second kappa shape index (κ2) is 15.3. The molecule has 7 nitrogen and oxygen atoms in total. The van der Waals surface area contributed by atoms with Gasteiger partial charge < -0.3 is 20.5 Å². The van der Waals surface area contributed by atoms with Gasteiger partial charge in [0.05, 0.1) is 0 Å². The lowest BCUT2D eigenvalue weighted by Crippen LogP contribution is -2.26. The second-order valence-corrected chi connectivity index (χ2v) is 9.74. The zero-order valence-corrected chi connectivity index (χ0v) is 22.1. The third kappa shape index (κ3) is 13.2. The number of aromatic hydroxyl groups is 1. The first-order chi connectivity index (χ1) is 16.9. The minimum atomic E-state index is -0.344. The normalized spacial score (nSPS) is 10.3. The van der Waals surface area contributed by atoms with E-state index in [4.69, 9.17) is 9.84 Å². The molecule has 36 heavy (non-hydrogen) atoms. The topological polar surface area (TPSA) is 105 Å². The maximum absolute atomic E-state index is 11.5. The number of hydrogen-bond acceptors (Lipinski definition) is 6. The van der Waals surface area contributed by atoms with Crippen LogP contribution in [0.4, 0.5) is 0 Å². The molecular weight excluding hydrogens is 456 g/mol. The number of rotatable bonds is 7. The molecule has 0 aromatic heterocycles. The predicted octanol–water partition coefficient (Wildman–Crippen LogP) is 5.36. The predicted molar refractivity (Wildman–Crippen MR) is 145 cm³/mol. The van der Waals surface area contributed by atoms with Crippen LogP contribution in [0.5, 0.6) is 11.5 Å². The van der Waals surface area contributed by atoms with Crippen LogP contribution in [0.15, 0.2) is 60.7 Å². The summed E-state index contributed by atoms with van der Waals surface area (Å²) in [5.41, 5.74) is 1.70. The number of phenols is 1. The van der Waals surface area contributed by atoms with Gasteiger partial charge in [-0.15, -0.1) is 0 Å². The van der Waals surface area contributed by atoms with Gasteiger partial charge in [0.25, 0.3) is 5.91 Å². The second-order valence-electron chi connectivity index (χ2n) is 9.74. The van der Waals surface area contributed by atoms with E-state index < -0.39 is 0 Å². The molecule has 1 amide bonds. The Labute approximate surface area is 213 Å². The molecule has 0 heterocycles. The lowest BCUT2D eigenvalue weighted by Gasteiger charge is -2.05. The number of fused-ring (bicyclic) bond motifs is 1. The number of aldehydes is 1. The first-order valence-corrected chi connectivity index (χ1v) is 11.8. The van der Waals surface area contributed by atoms with Gasteiger partial charge in [0, 0.05) is 24.6 Å². The molecule has 0 fully saturated rings. The molecule has 0 aliphatic heterocycles. The monoisotopic (exact) mass is 494 g/mol. The first kappa shape index (κ1) is 30.3. The molecule has 194 valence electrons. The molecule has 0 radical (unpaired) electrons. The molecule has 0 unspecified atom stereocenters. The van der Waals surface area contributed by atoms with Gasteiger partial charge in [-0.1, -0.05) is 45.9 Å². The zero-order chi connectivity index (χ0) is 27.1. The van der Waals surface area contributed by atoms with Crippen molar-refractivity contribution in [3.8, 4) is 11.5 Å². The van der Waals surface area contributed by atoms with Crippen LogP contribution in [-0.4, -0.2) is 43.4 Å². The molecule has 0 bridgehead atoms. The van der Waals surface area contributed by atoms with E-state index in [1.807, 2.05) is 19.2 Å². The Morgan fingerprint density at radius 1 is 0.917 bits per heavy atom. The van der Waals surface area contributed by atoms with Crippen LogP contribution in [0.25, 0.3) is 10.8 Å². The molecule has 0 saturated carbocycles. The van der Waals surface area contributed by atoms with E-state index in [1.54, 1.807) is 36.4 Å². The molecule has 0 spiro atoms. The van der Waals surface area contributed by atoms with Gasteiger partial charge in [0.1, 0.15) is 17.8 Å². The van der Waals surface area contributed by atoms with Crippen molar-refractivity contribution in [1.29, 1.82) is 0 Å². The van der Waals surface area contributed by atoms with Gasteiger partial charge in [0.15, 0.2) is 0 Å². The van der Waals surface area contributed by atoms with Crippen molar-refractivity contribution in [2.75, 3.05) is 20.1 Å². The Balaban J connectivity index is 0.000000305. The molecule has 7 heteroatoms. The van der Waals surface area contributed by atoms with Crippen molar-refractivity contribution in [1.82, 2.24) is 10.6 Å². The number of carbonyl (C=O) groups excluding carboxylic acids is 3. The lowest BCUT2D eigenvalue weighted by atomic mass is 10.0. The summed E-state index contributed by atoms with van der Waals surface area (Å²) in [7, 11) is 1.88. The van der Waals surface area contributed by atoms with Crippen molar-refractivity contribution in [2.45, 2.75) is 41.0 Å². The quantitative estimate of drug-likeness (QED) is 0.177. The van der Waals surface area contributed by atoms with E-state index >= 15 is 0 Å². The van der Waals surface area contributed by atoms with Crippen LogP contribution in [0, 0.1) is 5.41 Å². The van der Waals surface area contributed by atoms with Crippen LogP contribution in [0.1, 0.15) is 61.8 Å². The van der Waals surface area contributed by atoms with Crippen molar-refractivity contribution in [3.63, 3.8) is 0 Å². The van der Waals surface area contributed by atoms with Crippen LogP contribution >= 0.6 is 0 Å². The summed E-state index contributed by atoms with van der Waals surface area (Å²) in [4.78, 5) is 32.9. The number of esters is 1. The molecule has 3 rings (SSSR count). The van der Waals surface area contributed by atoms with Gasteiger partial charge >= 0.3 is 5.97 Å². The maximum atomic E-state index is 11.5. The summed E-state index contributed by atoms with van der Waals surface area (Å²) in [6.45, 7) is 11.6. The fraction of sp³-hybridized carbons (Fsp3) is 0.345. The van der Waals surface area contributed by atoms with E-state index in [-0.39, 0.29) is 17.6 Å². The summed E-state index contributed by atoms with van der Waals surface area (Å²) in [5.74, 6) is 0.232. The molecule has 0 atom stereocenters. The Bertz CT molecular complexity index is 1110. The molecule has 3 N–H and O–H groups in total. The largest absolute Gasteiger partial charge is 0.508 e. The van der Waals surface area contributed by atoms with Gasteiger partial charge in [-0.25, -0.2) is 0 Å². The fourth-order valence-electron chi connectivity index (χ4n) is 2.73. The standard InChI is InChI=1S/C13H10O3.C11H16N2O2.C5H12/c1-9(15)16-13-5-4-11-6-10(8-14)2-3-12(11)7-13;1-12-7-2-8-13-11(15)9-3-5-10(14)6-4-9;1-5(2,3)4/h2-8H,1H3;3-6,12,14H,2,7-8H2,1H3,(H,13,15);1-4H3. The van der Waals surface area contributed by atoms with Crippen LogP contribution in [0.3, 0.4) is 0 Å². The lowest BCUT2D eigenvalue weighted by molar-refractivity contribution is -0.131. The fourth-order valence-corrected chi connectivity index (χ4v) is 2.73. The van der Waals surface area contributed by atoms with Gasteiger partial charge in [-0.3, -0.25) is 14.4 Å². The number of benzene rings is 3. The van der Waals surface area contributed by atoms with Crippen molar-refractivity contribution >= 4 is 28.9 Å². The van der Waals surface area contributed by atoms with Crippen LogP contribution in [0.2, 0.25) is 0 Å². The number of nitrogens with one attached hydrogen (secondary N) is 2. The van der Waals surface area contributed by atoms with E-state index in [9.17, 15) is 14.4 Å². The number of hydrogen-bond donors (Lipinski definition) is 3. The summed E-state index contributed by atoms with van der Waals surface area (Å²) in [6.07, 6.45) is 1.71. The SMILES string of the molecule is CC(=O)Oc1ccc2cc(C=O)ccc2c1.CC(C)(C)C.CNCCCNC(=O)c1ccc(O)cc1. The molecule has 0 saturated heterocycles. The summed E-state index contributed by atoms with van der Waals surface area (Å²) in [5, 5.41) is 16.7. The number of amides is 1. The molecule has 0 aliphatic carbocycles. The Hall–Kier alpha value is -3.71. The average molecular weight is 495 g/mol. The minimum Gasteiger partial charge on any atom is -0.508 e. The number of carbonyl (C=O) groups is 3. The van der Waals surface area contributed by atoms with E-state index in [0.717, 1.165) is 30.0 Å². The van der Waals surface area contributed by atoms with Gasteiger partial charge in [-0.05, 0) is 78.7 Å². The third-order valence-corrected chi connectivity index (χ3v) is 4.25. The van der Waals surface area contributed by atoms with Crippen LogP contribution < -0.4 is 15.4 Å². The smallest absolute Gasteiger partial charge is 0.308 e. The Kier molecular flexibility index (Phi) is 12.9. The van der Waals surface area contributed by atoms with Crippen LogP contribution in [-0.2, 0) is 4.79 Å². The highest BCUT2D eigenvalue weighted by atomic mass is 16.5. The molecule has 0 aliphatic rings. The summed E-state index contributed by atoms with van der Waals surface area (Å²) >= 11 is 0. The van der Waals surface area contributed by atoms with E-state index in [2.05, 4.69) is 38.3 Å². The Morgan fingerprint density at radius 3 is 2.06 bits per heavy atom. The van der Waals surface area contributed by atoms with E-state index in [0.29, 0.717) is 28.8 Å². The maximum Gasteiger partial charge on any atom is 0.308 e. The summed E-state index contributed by atoms with van der Waals surface area (Å²) in [6, 6.07) is 16.8. The van der Waals surface area contributed by atoms with Gasteiger partial charge in [-0.2, -0.15) is 0 Å². The summed E-state index contributed by atoms with van der Waals surface area (Å²) < 4.78 is 4.97. The highest BCUT2D eigenvalue weighted by Gasteiger charge is 2.03. The minimum absolute atomic E-state index is 0.105. The van der Waals surface area contributed by atoms with E-state index in [1.165, 1.54) is 19.1 Å². The van der Waals surface area contributed by atoms with Crippen molar-refractivity contribution in [2.24, 2.45) is 5.41 Å². The molecule has 3 aromatic rings. The Morgan fingerprint density at radius 2 is 1.50 bits per heavy atom. The van der Waals surface area contributed by atoms with Crippen molar-refractivity contribution in [3.05, 3.63) is 71.8 Å². The number of ether oxygens (including phenoxy) is 1. The molecular formula is C29H38N2O5. The van der Waals surface area contributed by atoms with Crippen molar-refractivity contribution < 1.29 is 24.2 Å². The zero-order valence-electron chi connectivity index (χ0n) is 22.1. The first-order valence-electron chi connectivity index (χ1n) is 11.8.